The van der Waals surface area contributed by atoms with E-state index < -0.39 is 5.97 Å². The topological polar surface area (TPSA) is 75.3 Å². The summed E-state index contributed by atoms with van der Waals surface area (Å²) in [6.45, 7) is 0. The highest BCUT2D eigenvalue weighted by atomic mass is 16.4. The summed E-state index contributed by atoms with van der Waals surface area (Å²) in [5.74, 6) is -1.03. The Morgan fingerprint density at radius 2 is 2.20 bits per heavy atom. The van der Waals surface area contributed by atoms with Gasteiger partial charge in [0.2, 0.25) is 0 Å². The van der Waals surface area contributed by atoms with Gasteiger partial charge in [0, 0.05) is 18.5 Å². The van der Waals surface area contributed by atoms with E-state index in [9.17, 15) is 9.90 Å². The van der Waals surface area contributed by atoms with Crippen molar-refractivity contribution in [2.24, 2.45) is 0 Å². The number of nitrogens with zero attached hydrogens (tertiary/aromatic N) is 2. The Balaban J connectivity index is 2.63. The van der Waals surface area contributed by atoms with Crippen LogP contribution in [0, 0.1) is 0 Å². The fourth-order valence-electron chi connectivity index (χ4n) is 1.32. The number of carbonyl (C=O) groups is 1. The Kier molecular flexibility index (Phi) is 2.13. The molecule has 0 atom stereocenters. The van der Waals surface area contributed by atoms with Crippen LogP contribution >= 0.6 is 0 Å². The normalized spacial score (nSPS) is 10.1. The molecule has 5 heteroatoms. The van der Waals surface area contributed by atoms with Crippen molar-refractivity contribution in [1.29, 1.82) is 0 Å². The second-order valence-corrected chi connectivity index (χ2v) is 2.98. The number of imidazole rings is 1. The molecule has 2 N–H and O–H groups in total. The van der Waals surface area contributed by atoms with Crippen molar-refractivity contribution in [3.05, 3.63) is 42.5 Å². The number of hydrogen-bond donors (Lipinski definition) is 2. The number of hydrogen-bond acceptors (Lipinski definition) is 3. The molecule has 0 radical (unpaired) electrons. The predicted molar refractivity (Wildman–Crippen MR) is 52.2 cm³/mol. The van der Waals surface area contributed by atoms with Crippen LogP contribution in [0.25, 0.3) is 5.69 Å². The Bertz CT molecular complexity index is 491. The van der Waals surface area contributed by atoms with Crippen LogP contribution < -0.4 is 0 Å². The number of aromatic carboxylic acids is 1. The number of benzene rings is 1. The number of phenolic OH excluding ortho intramolecular Hbond substituents is 1. The molecular weight excluding hydrogens is 196 g/mol. The monoisotopic (exact) mass is 204 g/mol. The lowest BCUT2D eigenvalue weighted by molar-refractivity contribution is 0.0697. The van der Waals surface area contributed by atoms with Gasteiger partial charge in [-0.3, -0.25) is 0 Å². The molecule has 0 aliphatic rings. The molecule has 0 saturated heterocycles. The fraction of sp³-hybridized carbons (Fsp3) is 0. The summed E-state index contributed by atoms with van der Waals surface area (Å²) in [5, 5.41) is 18.2. The van der Waals surface area contributed by atoms with Crippen LogP contribution in [-0.4, -0.2) is 25.7 Å². The van der Waals surface area contributed by atoms with Crippen LogP contribution in [0.15, 0.2) is 36.9 Å². The predicted octanol–water partition coefficient (Wildman–Crippen LogP) is 1.28. The molecular formula is C10H8N2O3. The van der Waals surface area contributed by atoms with Gasteiger partial charge >= 0.3 is 5.97 Å². The number of aromatic nitrogens is 2. The van der Waals surface area contributed by atoms with E-state index >= 15 is 0 Å². The Labute approximate surface area is 85.2 Å². The summed E-state index contributed by atoms with van der Waals surface area (Å²) >= 11 is 0. The summed E-state index contributed by atoms with van der Waals surface area (Å²) in [4.78, 5) is 14.7. The van der Waals surface area contributed by atoms with Crippen molar-refractivity contribution in [2.45, 2.75) is 0 Å². The first kappa shape index (κ1) is 9.26. The van der Waals surface area contributed by atoms with Crippen LogP contribution in [0.2, 0.25) is 0 Å². The summed E-state index contributed by atoms with van der Waals surface area (Å²) in [7, 11) is 0. The van der Waals surface area contributed by atoms with Crippen molar-refractivity contribution >= 4 is 5.97 Å². The molecule has 1 aromatic heterocycles. The van der Waals surface area contributed by atoms with E-state index in [4.69, 9.17) is 5.11 Å². The SMILES string of the molecule is O=C(O)c1ccc(O)cc1-n1ccnc1. The minimum absolute atomic E-state index is 0.0173. The molecule has 0 bridgehead atoms. The van der Waals surface area contributed by atoms with E-state index in [2.05, 4.69) is 4.98 Å². The Morgan fingerprint density at radius 1 is 1.40 bits per heavy atom. The van der Waals surface area contributed by atoms with E-state index in [1.807, 2.05) is 0 Å². The molecule has 2 rings (SSSR count). The smallest absolute Gasteiger partial charge is 0.337 e. The highest BCUT2D eigenvalue weighted by Gasteiger charge is 2.11. The third kappa shape index (κ3) is 1.67. The first-order valence-electron chi connectivity index (χ1n) is 4.23. The van der Waals surface area contributed by atoms with Gasteiger partial charge in [-0.25, -0.2) is 9.78 Å². The first-order chi connectivity index (χ1) is 7.18. The number of carboxylic acids is 1. The highest BCUT2D eigenvalue weighted by molar-refractivity contribution is 5.92. The molecule has 1 aromatic carbocycles. The number of carboxylic acid groups (broad SMARTS) is 1. The molecule has 0 amide bonds. The van der Waals surface area contributed by atoms with Crippen molar-refractivity contribution in [3.63, 3.8) is 0 Å². The van der Waals surface area contributed by atoms with Crippen LogP contribution in [0.5, 0.6) is 5.75 Å². The standard InChI is InChI=1S/C10H8N2O3/c13-7-1-2-8(10(14)15)9(5-7)12-4-3-11-6-12/h1-6,13H,(H,14,15). The Morgan fingerprint density at radius 3 is 2.80 bits per heavy atom. The van der Waals surface area contributed by atoms with Crippen LogP contribution in [0.1, 0.15) is 10.4 Å². The number of aromatic hydroxyl groups is 1. The molecule has 1 heterocycles. The Hall–Kier alpha value is -2.30. The van der Waals surface area contributed by atoms with Crippen LogP contribution in [0.4, 0.5) is 0 Å². The second kappa shape index (κ2) is 3.45. The van der Waals surface area contributed by atoms with Gasteiger partial charge in [0.15, 0.2) is 0 Å². The molecule has 5 nitrogen and oxygen atoms in total. The van der Waals surface area contributed by atoms with E-state index in [-0.39, 0.29) is 11.3 Å². The van der Waals surface area contributed by atoms with Crippen LogP contribution in [-0.2, 0) is 0 Å². The van der Waals surface area contributed by atoms with Gasteiger partial charge in [-0.1, -0.05) is 0 Å². The van der Waals surface area contributed by atoms with E-state index in [0.29, 0.717) is 5.69 Å². The van der Waals surface area contributed by atoms with Crippen molar-refractivity contribution in [2.75, 3.05) is 0 Å². The summed E-state index contributed by atoms with van der Waals surface area (Å²) in [6.07, 6.45) is 4.62. The van der Waals surface area contributed by atoms with E-state index in [1.165, 1.54) is 35.3 Å². The summed E-state index contributed by atoms with van der Waals surface area (Å²) in [6, 6.07) is 4.07. The van der Waals surface area contributed by atoms with Gasteiger partial charge in [-0.2, -0.15) is 0 Å². The molecule has 0 fully saturated rings. The minimum atomic E-state index is -1.04. The maximum absolute atomic E-state index is 10.9. The highest BCUT2D eigenvalue weighted by Crippen LogP contribution is 2.20. The number of phenols is 1. The second-order valence-electron chi connectivity index (χ2n) is 2.98. The molecule has 0 aliphatic heterocycles. The molecule has 0 unspecified atom stereocenters. The minimum Gasteiger partial charge on any atom is -0.508 e. The van der Waals surface area contributed by atoms with E-state index in [1.54, 1.807) is 6.20 Å². The first-order valence-corrected chi connectivity index (χ1v) is 4.23. The molecule has 0 aliphatic carbocycles. The van der Waals surface area contributed by atoms with Gasteiger partial charge in [-0.05, 0) is 12.1 Å². The van der Waals surface area contributed by atoms with Crippen molar-refractivity contribution in [1.82, 2.24) is 9.55 Å². The summed E-state index contributed by atoms with van der Waals surface area (Å²) < 4.78 is 1.53. The van der Waals surface area contributed by atoms with Crippen LogP contribution in [0.3, 0.4) is 0 Å². The van der Waals surface area contributed by atoms with Crippen molar-refractivity contribution in [3.8, 4) is 11.4 Å². The average molecular weight is 204 g/mol. The molecule has 0 saturated carbocycles. The largest absolute Gasteiger partial charge is 0.508 e. The third-order valence-corrected chi connectivity index (χ3v) is 1.99. The molecule has 2 aromatic rings. The zero-order valence-electron chi connectivity index (χ0n) is 7.66. The zero-order chi connectivity index (χ0) is 10.8. The zero-order valence-corrected chi connectivity index (χ0v) is 7.66. The van der Waals surface area contributed by atoms with Gasteiger partial charge in [0.05, 0.1) is 17.6 Å². The third-order valence-electron chi connectivity index (χ3n) is 1.99. The van der Waals surface area contributed by atoms with Gasteiger partial charge in [-0.15, -0.1) is 0 Å². The quantitative estimate of drug-likeness (QED) is 0.772. The lowest BCUT2D eigenvalue weighted by Gasteiger charge is -2.06. The summed E-state index contributed by atoms with van der Waals surface area (Å²) in [5.41, 5.74) is 0.505. The fourth-order valence-corrected chi connectivity index (χ4v) is 1.32. The lowest BCUT2D eigenvalue weighted by atomic mass is 10.1. The lowest BCUT2D eigenvalue weighted by Crippen LogP contribution is -2.03. The average Bonchev–Trinajstić information content (AvgIpc) is 2.69. The van der Waals surface area contributed by atoms with Gasteiger partial charge < -0.3 is 14.8 Å². The maximum Gasteiger partial charge on any atom is 0.337 e. The maximum atomic E-state index is 10.9. The molecule has 0 spiro atoms. The molecule has 76 valence electrons. The van der Waals surface area contributed by atoms with E-state index in [0.717, 1.165) is 0 Å². The van der Waals surface area contributed by atoms with Crippen molar-refractivity contribution < 1.29 is 15.0 Å². The van der Waals surface area contributed by atoms with Gasteiger partial charge in [0.1, 0.15) is 5.75 Å². The van der Waals surface area contributed by atoms with Gasteiger partial charge in [0.25, 0.3) is 0 Å². The molecule has 15 heavy (non-hydrogen) atoms. The number of rotatable bonds is 2.